The number of carbonyl (C=O) groups is 3. The van der Waals surface area contributed by atoms with E-state index < -0.39 is 11.9 Å². The van der Waals surface area contributed by atoms with Crippen molar-refractivity contribution in [2.24, 2.45) is 0 Å². The number of amides is 3. The molecule has 3 aromatic rings. The molecule has 224 valence electrons. The van der Waals surface area contributed by atoms with Crippen LogP contribution < -0.4 is 15.0 Å². The zero-order chi connectivity index (χ0) is 29.5. The minimum atomic E-state index is -0.614. The van der Waals surface area contributed by atoms with Crippen LogP contribution in [0.3, 0.4) is 0 Å². The second kappa shape index (κ2) is 11.6. The number of ether oxygens (including phenoxy) is 2. The van der Waals surface area contributed by atoms with Gasteiger partial charge in [-0.15, -0.1) is 0 Å². The molecule has 0 bridgehead atoms. The fraction of sp³-hybridized carbons (Fsp3) is 0.455. The Hall–Kier alpha value is -4.02. The lowest BCUT2D eigenvalue weighted by molar-refractivity contribution is -0.136. The molecule has 5 heterocycles. The number of hydrogen-bond donors (Lipinski definition) is 1. The average molecular weight is 584 g/mol. The average Bonchev–Trinajstić information content (AvgIpc) is 3.59. The van der Waals surface area contributed by atoms with Gasteiger partial charge < -0.3 is 19.3 Å². The van der Waals surface area contributed by atoms with Gasteiger partial charge in [-0.1, -0.05) is 6.07 Å². The quantitative estimate of drug-likeness (QED) is 0.423. The number of aromatic nitrogens is 1. The summed E-state index contributed by atoms with van der Waals surface area (Å²) >= 11 is 0. The first kappa shape index (κ1) is 27.8. The van der Waals surface area contributed by atoms with Crippen molar-refractivity contribution in [2.75, 3.05) is 38.2 Å². The predicted molar refractivity (Wildman–Crippen MR) is 161 cm³/mol. The van der Waals surface area contributed by atoms with Crippen molar-refractivity contribution in [1.82, 2.24) is 20.1 Å². The summed E-state index contributed by atoms with van der Waals surface area (Å²) in [7, 11) is 1.79. The van der Waals surface area contributed by atoms with Crippen molar-refractivity contribution in [2.45, 2.75) is 63.4 Å². The molecule has 4 aliphatic heterocycles. The summed E-state index contributed by atoms with van der Waals surface area (Å²) in [5.41, 5.74) is 3.73. The number of pyridine rings is 1. The van der Waals surface area contributed by atoms with E-state index >= 15 is 0 Å². The molecular weight excluding hydrogens is 546 g/mol. The highest BCUT2D eigenvalue weighted by Gasteiger charge is 2.39. The number of nitrogens with zero attached hydrogens (tertiary/aromatic N) is 4. The first-order valence-corrected chi connectivity index (χ1v) is 15.3. The van der Waals surface area contributed by atoms with Gasteiger partial charge in [-0.05, 0) is 79.3 Å². The van der Waals surface area contributed by atoms with Crippen LogP contribution in [0.15, 0.2) is 48.5 Å². The topological polar surface area (TPSA) is 104 Å². The highest BCUT2D eigenvalue weighted by atomic mass is 16.5. The molecule has 10 heteroatoms. The first-order chi connectivity index (χ1) is 20.9. The summed E-state index contributed by atoms with van der Waals surface area (Å²) in [6, 6.07) is 15.8. The van der Waals surface area contributed by atoms with Gasteiger partial charge in [0.1, 0.15) is 23.7 Å². The molecule has 10 nitrogen and oxygen atoms in total. The van der Waals surface area contributed by atoms with Crippen LogP contribution in [0.2, 0.25) is 0 Å². The van der Waals surface area contributed by atoms with E-state index in [-0.39, 0.29) is 24.3 Å². The second-order valence-electron chi connectivity index (χ2n) is 12.1. The number of hydrogen-bond acceptors (Lipinski definition) is 8. The zero-order valence-electron chi connectivity index (χ0n) is 24.5. The molecule has 0 aliphatic carbocycles. The van der Waals surface area contributed by atoms with Gasteiger partial charge in [0.2, 0.25) is 11.8 Å². The van der Waals surface area contributed by atoms with Crippen LogP contribution in [-0.2, 0) is 27.4 Å². The van der Waals surface area contributed by atoms with Crippen LogP contribution in [0, 0.1) is 0 Å². The zero-order valence-corrected chi connectivity index (χ0v) is 24.5. The van der Waals surface area contributed by atoms with Crippen molar-refractivity contribution in [3.63, 3.8) is 0 Å². The van der Waals surface area contributed by atoms with E-state index in [9.17, 15) is 14.4 Å². The van der Waals surface area contributed by atoms with E-state index in [2.05, 4.69) is 45.4 Å². The lowest BCUT2D eigenvalue weighted by Gasteiger charge is -2.32. The minimum Gasteiger partial charge on any atom is -0.489 e. The Morgan fingerprint density at radius 2 is 1.77 bits per heavy atom. The third kappa shape index (κ3) is 5.69. The summed E-state index contributed by atoms with van der Waals surface area (Å²) in [5.74, 6) is 0.923. The summed E-state index contributed by atoms with van der Waals surface area (Å²) in [4.78, 5) is 48.1. The number of methoxy groups -OCH3 is 1. The summed E-state index contributed by atoms with van der Waals surface area (Å²) in [6.45, 7) is 4.91. The Morgan fingerprint density at radius 3 is 2.58 bits per heavy atom. The number of rotatable bonds is 7. The van der Waals surface area contributed by atoms with Gasteiger partial charge in [0.05, 0.1) is 11.6 Å². The number of anilines is 1. The number of fused-ring (bicyclic) bond motifs is 2. The van der Waals surface area contributed by atoms with Gasteiger partial charge in [-0.2, -0.15) is 0 Å². The highest BCUT2D eigenvalue weighted by molar-refractivity contribution is 6.05. The standard InChI is InChI=1S/C33H37N5O5/c1-42-24-11-14-37(15-12-24)30-8-3-22-16-21(2-6-28(22)34-30)18-36-13-10-26(20-36)43-25-4-5-27-23(17-25)19-38(33(27)41)29-7-9-31(39)35-32(29)40/h2-6,8,16-17,24,26,29H,7,9-15,18-20H2,1H3,(H,35,39,40)/t26-,29?/m0/s1. The van der Waals surface area contributed by atoms with Gasteiger partial charge in [-0.25, -0.2) is 4.98 Å². The largest absolute Gasteiger partial charge is 0.489 e. The van der Waals surface area contributed by atoms with E-state index in [1.54, 1.807) is 18.1 Å². The molecule has 4 aliphatic rings. The van der Waals surface area contributed by atoms with Gasteiger partial charge in [-0.3, -0.25) is 24.6 Å². The second-order valence-corrected chi connectivity index (χ2v) is 12.1. The maximum absolute atomic E-state index is 13.0. The van der Waals surface area contributed by atoms with Crippen molar-refractivity contribution in [3.8, 4) is 5.75 Å². The molecule has 3 fully saturated rings. The smallest absolute Gasteiger partial charge is 0.255 e. The van der Waals surface area contributed by atoms with Crippen molar-refractivity contribution in [3.05, 3.63) is 65.2 Å². The number of nitrogens with one attached hydrogen (secondary N) is 1. The summed E-state index contributed by atoms with van der Waals surface area (Å²) in [6.07, 6.45) is 4.01. The van der Waals surface area contributed by atoms with Gasteiger partial charge >= 0.3 is 0 Å². The number of benzene rings is 2. The number of carbonyl (C=O) groups excluding carboxylic acids is 3. The van der Waals surface area contributed by atoms with Gasteiger partial charge in [0.25, 0.3) is 5.91 Å². The highest BCUT2D eigenvalue weighted by Crippen LogP contribution is 2.31. The van der Waals surface area contributed by atoms with Gasteiger partial charge in [0, 0.05) is 63.7 Å². The fourth-order valence-corrected chi connectivity index (χ4v) is 6.87. The Bertz CT molecular complexity index is 1570. The third-order valence-corrected chi connectivity index (χ3v) is 9.27. The molecule has 1 unspecified atom stereocenters. The Morgan fingerprint density at radius 1 is 0.930 bits per heavy atom. The van der Waals surface area contributed by atoms with Crippen LogP contribution in [0.4, 0.5) is 5.82 Å². The molecule has 7 rings (SSSR count). The maximum Gasteiger partial charge on any atom is 0.255 e. The first-order valence-electron chi connectivity index (χ1n) is 15.3. The number of likely N-dealkylation sites (tertiary alicyclic amines) is 1. The van der Waals surface area contributed by atoms with E-state index in [1.807, 2.05) is 12.1 Å². The van der Waals surface area contributed by atoms with Crippen LogP contribution in [0.5, 0.6) is 5.75 Å². The fourth-order valence-electron chi connectivity index (χ4n) is 6.87. The molecule has 0 spiro atoms. The lowest BCUT2D eigenvalue weighted by Crippen LogP contribution is -2.52. The number of imide groups is 1. The summed E-state index contributed by atoms with van der Waals surface area (Å²) in [5, 5.41) is 3.50. The molecule has 1 N–H and O–H groups in total. The van der Waals surface area contributed by atoms with Crippen LogP contribution in [0.25, 0.3) is 10.9 Å². The molecular formula is C33H37N5O5. The molecule has 0 saturated carbocycles. The third-order valence-electron chi connectivity index (χ3n) is 9.27. The monoisotopic (exact) mass is 583 g/mol. The molecule has 1 aromatic heterocycles. The Balaban J connectivity index is 0.945. The minimum absolute atomic E-state index is 0.0633. The van der Waals surface area contributed by atoms with Crippen LogP contribution in [0.1, 0.15) is 53.6 Å². The van der Waals surface area contributed by atoms with E-state index in [0.717, 1.165) is 80.0 Å². The van der Waals surface area contributed by atoms with Crippen LogP contribution in [-0.4, -0.2) is 84.0 Å². The van der Waals surface area contributed by atoms with E-state index in [0.29, 0.717) is 24.6 Å². The van der Waals surface area contributed by atoms with Crippen LogP contribution >= 0.6 is 0 Å². The van der Waals surface area contributed by atoms with Gasteiger partial charge in [0.15, 0.2) is 0 Å². The molecule has 43 heavy (non-hydrogen) atoms. The SMILES string of the molecule is COC1CCN(c2ccc3cc(CN4CC[C@H](Oc5ccc6c(c5)CN(C5CCC(=O)NC5=O)C6=O)C4)ccc3n2)CC1. The molecule has 2 atom stereocenters. The molecule has 2 aromatic carbocycles. The normalized spacial score (nSPS) is 23.2. The Kier molecular flexibility index (Phi) is 7.48. The molecule has 3 amide bonds. The van der Waals surface area contributed by atoms with Crippen molar-refractivity contribution in [1.29, 1.82) is 0 Å². The molecule has 0 radical (unpaired) electrons. The Labute approximate surface area is 250 Å². The predicted octanol–water partition coefficient (Wildman–Crippen LogP) is 3.26. The van der Waals surface area contributed by atoms with Crippen molar-refractivity contribution < 1.29 is 23.9 Å². The maximum atomic E-state index is 13.0. The summed E-state index contributed by atoms with van der Waals surface area (Å²) < 4.78 is 11.9. The van der Waals surface area contributed by atoms with E-state index in [4.69, 9.17) is 14.5 Å². The molecule has 3 saturated heterocycles. The number of piperidine rings is 2. The van der Waals surface area contributed by atoms with Crippen molar-refractivity contribution >= 4 is 34.4 Å². The lowest BCUT2D eigenvalue weighted by atomic mass is 10.0. The van der Waals surface area contributed by atoms with E-state index in [1.165, 1.54) is 5.56 Å².